The van der Waals surface area contributed by atoms with Crippen LogP contribution in [0.2, 0.25) is 0 Å². The largest absolute Gasteiger partial charge is 0.330 e. The Labute approximate surface area is 97.5 Å². The summed E-state index contributed by atoms with van der Waals surface area (Å²) in [7, 11) is 1.97. The van der Waals surface area contributed by atoms with E-state index in [1.807, 2.05) is 7.05 Å². The van der Waals surface area contributed by atoms with E-state index in [0.29, 0.717) is 6.54 Å². The Bertz CT molecular complexity index is 409. The summed E-state index contributed by atoms with van der Waals surface area (Å²) in [5, 5.41) is 3.23. The van der Waals surface area contributed by atoms with Gasteiger partial charge in [-0.3, -0.25) is 0 Å². The summed E-state index contributed by atoms with van der Waals surface area (Å²) in [4.78, 5) is 0. The van der Waals surface area contributed by atoms with Gasteiger partial charge in [-0.05, 0) is 30.2 Å². The average Bonchev–Trinajstić information content (AvgIpc) is 2.76. The number of fused-ring (bicyclic) bond motifs is 1. The quantitative estimate of drug-likeness (QED) is 0.804. The highest BCUT2D eigenvalue weighted by Crippen LogP contribution is 2.27. The molecule has 0 spiro atoms. The molecule has 1 aliphatic carbocycles. The molecule has 0 fully saturated rings. The van der Waals surface area contributed by atoms with Crippen molar-refractivity contribution < 1.29 is 0 Å². The van der Waals surface area contributed by atoms with Gasteiger partial charge in [0, 0.05) is 18.5 Å². The van der Waals surface area contributed by atoms with Crippen LogP contribution in [0.15, 0.2) is 24.3 Å². The van der Waals surface area contributed by atoms with Crippen LogP contribution in [0.3, 0.4) is 0 Å². The number of nitrogens with two attached hydrogens (primary N) is 1. The molecule has 1 unspecified atom stereocenters. The lowest BCUT2D eigenvalue weighted by molar-refractivity contribution is 0.459. The first kappa shape index (κ1) is 11.4. The molecule has 1 aliphatic rings. The summed E-state index contributed by atoms with van der Waals surface area (Å²) in [6.45, 7) is 3.78. The van der Waals surface area contributed by atoms with Gasteiger partial charge in [-0.1, -0.05) is 37.3 Å². The molecular formula is C14H20N2. The summed E-state index contributed by atoms with van der Waals surface area (Å²) < 4.78 is 0. The van der Waals surface area contributed by atoms with Gasteiger partial charge in [0.1, 0.15) is 0 Å². The van der Waals surface area contributed by atoms with Crippen LogP contribution in [0, 0.1) is 0 Å². The summed E-state index contributed by atoms with van der Waals surface area (Å²) in [6, 6.07) is 6.73. The zero-order valence-corrected chi connectivity index (χ0v) is 10.1. The standard InChI is InChI=1S/C14H20N2/c1-14(9-15,10-16-2)13-7-6-11-4-3-5-12(11)8-13/h3,5-8,16H,4,9-10,15H2,1-2H3. The summed E-state index contributed by atoms with van der Waals surface area (Å²) >= 11 is 0. The van der Waals surface area contributed by atoms with Gasteiger partial charge >= 0.3 is 0 Å². The molecule has 2 nitrogen and oxygen atoms in total. The van der Waals surface area contributed by atoms with Crippen molar-refractivity contribution in [2.75, 3.05) is 20.1 Å². The van der Waals surface area contributed by atoms with Crippen molar-refractivity contribution in [1.82, 2.24) is 5.32 Å². The molecule has 1 aromatic rings. The van der Waals surface area contributed by atoms with Gasteiger partial charge in [-0.15, -0.1) is 0 Å². The smallest absolute Gasteiger partial charge is 0.0172 e. The van der Waals surface area contributed by atoms with Gasteiger partial charge in [0.25, 0.3) is 0 Å². The molecule has 0 bridgehead atoms. The monoisotopic (exact) mass is 216 g/mol. The van der Waals surface area contributed by atoms with Gasteiger partial charge in [0.05, 0.1) is 0 Å². The molecule has 0 radical (unpaired) electrons. The maximum Gasteiger partial charge on any atom is 0.0172 e. The fraction of sp³-hybridized carbons (Fsp3) is 0.429. The molecule has 0 heterocycles. The SMILES string of the molecule is CNCC(C)(CN)c1ccc2c(c1)C=CC2. The van der Waals surface area contributed by atoms with Crippen molar-refractivity contribution in [3.8, 4) is 0 Å². The van der Waals surface area contributed by atoms with Crippen LogP contribution in [0.25, 0.3) is 6.08 Å². The van der Waals surface area contributed by atoms with Crippen molar-refractivity contribution in [2.24, 2.45) is 5.73 Å². The van der Waals surface area contributed by atoms with Crippen LogP contribution in [0.4, 0.5) is 0 Å². The molecule has 0 amide bonds. The van der Waals surface area contributed by atoms with Crippen LogP contribution in [-0.2, 0) is 11.8 Å². The fourth-order valence-corrected chi connectivity index (χ4v) is 2.31. The second-order valence-corrected chi connectivity index (χ2v) is 4.82. The molecule has 2 heteroatoms. The fourth-order valence-electron chi connectivity index (χ4n) is 2.31. The highest BCUT2D eigenvalue weighted by atomic mass is 14.8. The third-order valence-electron chi connectivity index (χ3n) is 3.50. The minimum Gasteiger partial charge on any atom is -0.330 e. The molecule has 0 aliphatic heterocycles. The lowest BCUT2D eigenvalue weighted by atomic mass is 9.81. The average molecular weight is 216 g/mol. The minimum atomic E-state index is 0.0280. The Kier molecular flexibility index (Phi) is 3.13. The number of hydrogen-bond donors (Lipinski definition) is 2. The van der Waals surface area contributed by atoms with Crippen LogP contribution >= 0.6 is 0 Å². The normalized spacial score (nSPS) is 17.2. The Hall–Kier alpha value is -1.12. The number of allylic oxidation sites excluding steroid dienone is 1. The minimum absolute atomic E-state index is 0.0280. The van der Waals surface area contributed by atoms with E-state index >= 15 is 0 Å². The summed E-state index contributed by atoms with van der Waals surface area (Å²) in [5.41, 5.74) is 10.0. The lowest BCUT2D eigenvalue weighted by Crippen LogP contribution is -2.40. The third-order valence-corrected chi connectivity index (χ3v) is 3.50. The van der Waals surface area contributed by atoms with Crippen molar-refractivity contribution in [2.45, 2.75) is 18.8 Å². The highest BCUT2D eigenvalue weighted by molar-refractivity contribution is 5.61. The molecular weight excluding hydrogens is 196 g/mol. The van der Waals surface area contributed by atoms with Crippen molar-refractivity contribution in [3.05, 3.63) is 41.0 Å². The second-order valence-electron chi connectivity index (χ2n) is 4.82. The molecule has 3 N–H and O–H groups in total. The van der Waals surface area contributed by atoms with E-state index in [2.05, 4.69) is 42.6 Å². The number of rotatable bonds is 4. The van der Waals surface area contributed by atoms with E-state index in [9.17, 15) is 0 Å². The molecule has 0 aromatic heterocycles. The van der Waals surface area contributed by atoms with Crippen LogP contribution < -0.4 is 11.1 Å². The summed E-state index contributed by atoms with van der Waals surface area (Å²) in [6.07, 6.45) is 5.49. The van der Waals surface area contributed by atoms with E-state index in [0.717, 1.165) is 13.0 Å². The first-order valence-corrected chi connectivity index (χ1v) is 5.84. The number of hydrogen-bond acceptors (Lipinski definition) is 2. The topological polar surface area (TPSA) is 38.0 Å². The van der Waals surface area contributed by atoms with E-state index in [-0.39, 0.29) is 5.41 Å². The summed E-state index contributed by atoms with van der Waals surface area (Å²) in [5.74, 6) is 0. The molecule has 2 rings (SSSR count). The first-order valence-electron chi connectivity index (χ1n) is 5.84. The molecule has 1 atom stereocenters. The molecule has 0 saturated heterocycles. The Morgan fingerprint density at radius 1 is 1.44 bits per heavy atom. The number of likely N-dealkylation sites (N-methyl/N-ethyl adjacent to an activating group) is 1. The third kappa shape index (κ3) is 1.91. The van der Waals surface area contributed by atoms with Crippen LogP contribution in [-0.4, -0.2) is 20.1 Å². The second kappa shape index (κ2) is 4.40. The van der Waals surface area contributed by atoms with Gasteiger partial charge in [0.15, 0.2) is 0 Å². The Balaban J connectivity index is 2.35. The van der Waals surface area contributed by atoms with Gasteiger partial charge < -0.3 is 11.1 Å². The highest BCUT2D eigenvalue weighted by Gasteiger charge is 2.24. The maximum atomic E-state index is 5.91. The van der Waals surface area contributed by atoms with E-state index in [1.165, 1.54) is 16.7 Å². The van der Waals surface area contributed by atoms with E-state index in [1.54, 1.807) is 0 Å². The van der Waals surface area contributed by atoms with E-state index in [4.69, 9.17) is 5.73 Å². The zero-order valence-electron chi connectivity index (χ0n) is 10.1. The van der Waals surface area contributed by atoms with Gasteiger partial charge in [0.2, 0.25) is 0 Å². The van der Waals surface area contributed by atoms with Crippen LogP contribution in [0.5, 0.6) is 0 Å². The Morgan fingerprint density at radius 3 is 2.94 bits per heavy atom. The van der Waals surface area contributed by atoms with Crippen molar-refractivity contribution in [3.63, 3.8) is 0 Å². The maximum absolute atomic E-state index is 5.91. The van der Waals surface area contributed by atoms with Gasteiger partial charge in [-0.2, -0.15) is 0 Å². The van der Waals surface area contributed by atoms with Gasteiger partial charge in [-0.25, -0.2) is 0 Å². The number of benzene rings is 1. The predicted molar refractivity (Wildman–Crippen MR) is 69.5 cm³/mol. The molecule has 16 heavy (non-hydrogen) atoms. The Morgan fingerprint density at radius 2 is 2.25 bits per heavy atom. The molecule has 86 valence electrons. The molecule has 0 saturated carbocycles. The van der Waals surface area contributed by atoms with Crippen molar-refractivity contribution >= 4 is 6.08 Å². The predicted octanol–water partition coefficient (Wildman–Crippen LogP) is 1.69. The number of nitrogens with one attached hydrogen (secondary N) is 1. The first-order chi connectivity index (χ1) is 7.69. The molecule has 1 aromatic carbocycles. The van der Waals surface area contributed by atoms with Crippen LogP contribution in [0.1, 0.15) is 23.6 Å². The van der Waals surface area contributed by atoms with E-state index < -0.39 is 0 Å². The zero-order chi connectivity index (χ0) is 11.6. The lowest BCUT2D eigenvalue weighted by Gasteiger charge is -2.29. The van der Waals surface area contributed by atoms with Crippen molar-refractivity contribution in [1.29, 1.82) is 0 Å².